The molecule has 66 heavy (non-hydrogen) atoms. The Morgan fingerprint density at radius 1 is 0.652 bits per heavy atom. The van der Waals surface area contributed by atoms with E-state index in [0.717, 1.165) is 139 Å². The van der Waals surface area contributed by atoms with Crippen molar-refractivity contribution in [2.75, 3.05) is 24.7 Å². The van der Waals surface area contributed by atoms with Gasteiger partial charge in [-0.3, -0.25) is 0 Å². The molecular formula is C58H56N2O4S2. The lowest BCUT2D eigenvalue weighted by Crippen LogP contribution is -2.17. The number of carbonyl (C=O) groups is 1. The first kappa shape index (κ1) is 44.8. The Bertz CT molecular complexity index is 3100. The van der Waals surface area contributed by atoms with Crippen molar-refractivity contribution in [3.63, 3.8) is 0 Å². The molecule has 6 aromatic carbocycles. The van der Waals surface area contributed by atoms with E-state index in [1.165, 1.54) is 28.6 Å². The Kier molecular flexibility index (Phi) is 13.8. The maximum Gasteiger partial charge on any atom is 0.346 e. The van der Waals surface area contributed by atoms with Crippen LogP contribution < -0.4 is 14.4 Å². The van der Waals surface area contributed by atoms with Gasteiger partial charge in [0, 0.05) is 38.4 Å². The molecule has 0 saturated heterocycles. The van der Waals surface area contributed by atoms with Crippen molar-refractivity contribution in [3.8, 4) is 50.9 Å². The molecule has 0 spiro atoms. The van der Waals surface area contributed by atoms with Crippen LogP contribution in [0.15, 0.2) is 121 Å². The third-order valence-corrected chi connectivity index (χ3v) is 15.3. The van der Waals surface area contributed by atoms with Crippen LogP contribution in [-0.2, 0) is 17.6 Å². The molecule has 0 aliphatic carbocycles. The minimum atomic E-state index is -1.27. The molecular weight excluding hydrogens is 853 g/mol. The molecule has 0 fully saturated rings. The highest BCUT2D eigenvalue weighted by Crippen LogP contribution is 2.56. The van der Waals surface area contributed by atoms with Crippen LogP contribution in [0.5, 0.6) is 11.5 Å². The number of carboxylic acids is 1. The quantitative estimate of drug-likeness (QED) is 0.0525. The molecule has 1 aliphatic heterocycles. The number of rotatable bonds is 18. The lowest BCUT2D eigenvalue weighted by Gasteiger charge is -2.26. The van der Waals surface area contributed by atoms with Gasteiger partial charge >= 0.3 is 5.97 Å². The zero-order chi connectivity index (χ0) is 45.6. The Balaban J connectivity index is 1.34. The average Bonchev–Trinajstić information content (AvgIpc) is 3.83. The molecule has 8 heteroatoms. The van der Waals surface area contributed by atoms with Crippen molar-refractivity contribution >= 4 is 75.7 Å². The second-order valence-electron chi connectivity index (χ2n) is 17.1. The highest BCUT2D eigenvalue weighted by molar-refractivity contribution is 7.36. The number of thiophene rings is 2. The fraction of sp³-hybridized carbons (Fsp3) is 0.276. The number of fused-ring (bicyclic) bond motifs is 7. The van der Waals surface area contributed by atoms with Gasteiger partial charge in [-0.05, 0) is 108 Å². The molecule has 9 rings (SSSR count). The number of para-hydroxylation sites is 1. The molecule has 8 aromatic rings. The van der Waals surface area contributed by atoms with Gasteiger partial charge in [0.15, 0.2) is 0 Å². The Labute approximate surface area is 396 Å². The summed E-state index contributed by atoms with van der Waals surface area (Å²) in [6, 6.07) is 43.0. The van der Waals surface area contributed by atoms with Crippen molar-refractivity contribution in [1.82, 2.24) is 0 Å². The molecule has 0 unspecified atom stereocenters. The highest BCUT2D eigenvalue weighted by atomic mass is 32.1. The van der Waals surface area contributed by atoms with Crippen LogP contribution in [0.1, 0.15) is 88.8 Å². The van der Waals surface area contributed by atoms with E-state index in [1.807, 2.05) is 36.4 Å². The summed E-state index contributed by atoms with van der Waals surface area (Å²) in [7, 11) is 0. The molecule has 6 nitrogen and oxygen atoms in total. The van der Waals surface area contributed by atoms with Crippen LogP contribution in [0.25, 0.3) is 69.0 Å². The van der Waals surface area contributed by atoms with E-state index in [0.29, 0.717) is 24.5 Å². The predicted molar refractivity (Wildman–Crippen MR) is 278 cm³/mol. The fourth-order valence-corrected chi connectivity index (χ4v) is 12.3. The third-order valence-electron chi connectivity index (χ3n) is 12.8. The third kappa shape index (κ3) is 8.83. The molecule has 0 radical (unpaired) electrons. The zero-order valence-corrected chi connectivity index (χ0v) is 39.8. The number of nitriles is 1. The van der Waals surface area contributed by atoms with Gasteiger partial charge in [0.2, 0.25) is 0 Å². The maximum atomic E-state index is 12.5. The Hall–Kier alpha value is -6.40. The molecule has 0 amide bonds. The summed E-state index contributed by atoms with van der Waals surface area (Å²) in [5, 5.41) is 22.3. The first-order valence-corrected chi connectivity index (χ1v) is 25.3. The minimum absolute atomic E-state index is 0.340. The maximum absolute atomic E-state index is 12.5. The monoisotopic (exact) mass is 908 g/mol. The predicted octanol–water partition coefficient (Wildman–Crippen LogP) is 16.4. The molecule has 1 aliphatic rings. The molecule has 0 atom stereocenters. The van der Waals surface area contributed by atoms with Gasteiger partial charge in [-0.25, -0.2) is 4.79 Å². The smallest absolute Gasteiger partial charge is 0.346 e. The van der Waals surface area contributed by atoms with E-state index in [1.54, 1.807) is 22.7 Å². The SMILES string of the molecule is CCCCCCOc1c(/C=C(\C#N)C(=O)O)c(-c2ccccc2)cc2sc3c(sc4cc(-c5ccccc5)c(-c5ccc6c(c5)CCc5ccccc5N6CC)c(OCCCCCC)c43)c12. The number of hydrogen-bond acceptors (Lipinski definition) is 7. The number of hydrogen-bond donors (Lipinski definition) is 1. The van der Waals surface area contributed by atoms with E-state index in [4.69, 9.17) is 9.47 Å². The molecule has 334 valence electrons. The normalized spacial score (nSPS) is 12.6. The van der Waals surface area contributed by atoms with E-state index >= 15 is 0 Å². The minimum Gasteiger partial charge on any atom is -0.492 e. The summed E-state index contributed by atoms with van der Waals surface area (Å²) < 4.78 is 18.5. The van der Waals surface area contributed by atoms with Crippen molar-refractivity contribution in [2.45, 2.75) is 85.0 Å². The summed E-state index contributed by atoms with van der Waals surface area (Å²) in [6.07, 6.45) is 11.9. The molecule has 1 N–H and O–H groups in total. The van der Waals surface area contributed by atoms with Crippen LogP contribution in [0.3, 0.4) is 0 Å². The van der Waals surface area contributed by atoms with Crippen molar-refractivity contribution in [1.29, 1.82) is 5.26 Å². The van der Waals surface area contributed by atoms with Gasteiger partial charge in [-0.2, -0.15) is 5.26 Å². The van der Waals surface area contributed by atoms with E-state index in [2.05, 4.69) is 111 Å². The molecule has 2 aromatic heterocycles. The van der Waals surface area contributed by atoms with Crippen LogP contribution in [-0.4, -0.2) is 30.8 Å². The van der Waals surface area contributed by atoms with E-state index < -0.39 is 5.97 Å². The second kappa shape index (κ2) is 20.4. The second-order valence-corrected chi connectivity index (χ2v) is 19.2. The Morgan fingerprint density at radius 3 is 1.83 bits per heavy atom. The number of anilines is 2. The van der Waals surface area contributed by atoms with Crippen molar-refractivity contribution in [3.05, 3.63) is 138 Å². The number of ether oxygens (including phenoxy) is 2. The summed E-state index contributed by atoms with van der Waals surface area (Å²) >= 11 is 3.48. The number of aliphatic carboxylic acids is 1. The van der Waals surface area contributed by atoms with Gasteiger partial charge in [-0.1, -0.05) is 137 Å². The number of unbranched alkanes of at least 4 members (excludes halogenated alkanes) is 6. The largest absolute Gasteiger partial charge is 0.492 e. The first-order valence-electron chi connectivity index (χ1n) is 23.7. The highest BCUT2D eigenvalue weighted by Gasteiger charge is 2.28. The van der Waals surface area contributed by atoms with Crippen LogP contribution in [0, 0.1) is 11.3 Å². The number of nitrogens with zero attached hydrogens (tertiary/aromatic N) is 2. The van der Waals surface area contributed by atoms with Gasteiger partial charge in [0.05, 0.1) is 33.4 Å². The summed E-state index contributed by atoms with van der Waals surface area (Å²) in [4.78, 5) is 14.9. The van der Waals surface area contributed by atoms with Crippen LogP contribution >= 0.6 is 22.7 Å². The standard InChI is InChI=1S/C58H56N2O4S2/c1-4-7-9-19-31-63-54-46(34-43(37-59)58(61)62)44(38-21-13-11-14-22-38)35-49-52(54)56-57(65-49)53-50(66-56)36-45(39-23-15-12-16-24-39)51(55(53)64-32-20-10-8-5-2)42-29-30-48-41(33-42)28-27-40-25-17-18-26-47(40)60(48)6-3/h11-18,21-26,29-30,33-36H,4-10,19-20,27-28,31-32H2,1-3H3,(H,61,62)/b43-34+. The lowest BCUT2D eigenvalue weighted by atomic mass is 9.90. The molecule has 0 saturated carbocycles. The zero-order valence-electron chi connectivity index (χ0n) is 38.1. The lowest BCUT2D eigenvalue weighted by molar-refractivity contribution is -0.132. The topological polar surface area (TPSA) is 82.8 Å². The molecule has 0 bridgehead atoms. The van der Waals surface area contributed by atoms with Gasteiger partial charge in [0.25, 0.3) is 0 Å². The van der Waals surface area contributed by atoms with Crippen LogP contribution in [0.4, 0.5) is 11.4 Å². The summed E-state index contributed by atoms with van der Waals surface area (Å²) in [6.45, 7) is 8.60. The first-order chi connectivity index (χ1) is 32.4. The summed E-state index contributed by atoms with van der Waals surface area (Å²) in [5.74, 6) is 0.245. The summed E-state index contributed by atoms with van der Waals surface area (Å²) in [5.41, 5.74) is 11.7. The number of carboxylic acid groups (broad SMARTS) is 1. The number of aryl methyl sites for hydroxylation is 2. The van der Waals surface area contributed by atoms with Crippen molar-refractivity contribution in [2.24, 2.45) is 0 Å². The molecule has 3 heterocycles. The van der Waals surface area contributed by atoms with Gasteiger partial charge < -0.3 is 19.5 Å². The number of benzene rings is 6. The van der Waals surface area contributed by atoms with Gasteiger partial charge in [0.1, 0.15) is 23.1 Å². The Morgan fingerprint density at radius 2 is 1.21 bits per heavy atom. The van der Waals surface area contributed by atoms with Crippen LogP contribution in [0.2, 0.25) is 0 Å². The van der Waals surface area contributed by atoms with E-state index in [9.17, 15) is 15.2 Å². The fourth-order valence-electron chi connectivity index (χ4n) is 9.57. The van der Waals surface area contributed by atoms with Gasteiger partial charge in [-0.15, -0.1) is 22.7 Å². The van der Waals surface area contributed by atoms with E-state index in [-0.39, 0.29) is 5.57 Å². The van der Waals surface area contributed by atoms with Crippen molar-refractivity contribution < 1.29 is 19.4 Å². The average molecular weight is 909 g/mol.